The molecular weight excluding hydrogens is 260 g/mol. The Morgan fingerprint density at radius 3 is 1.76 bits per heavy atom. The second-order valence-electron chi connectivity index (χ2n) is 4.85. The van der Waals surface area contributed by atoms with Crippen molar-refractivity contribution < 1.29 is 9.53 Å². The number of allylic oxidation sites excluding steroid dienone is 8. The maximum atomic E-state index is 10.9. The van der Waals surface area contributed by atoms with Gasteiger partial charge < -0.3 is 4.74 Å². The molecule has 2 nitrogen and oxygen atoms in total. The molecule has 2 heteroatoms. The first kappa shape index (κ1) is 19.4. The molecule has 0 aromatic heterocycles. The average Bonchev–Trinajstić information content (AvgIpc) is 2.50. The summed E-state index contributed by atoms with van der Waals surface area (Å²) in [4.78, 5) is 10.9. The number of carbonyl (C=O) groups is 1. The fourth-order valence-corrected chi connectivity index (χ4v) is 1.68. The highest BCUT2D eigenvalue weighted by atomic mass is 16.5. The lowest BCUT2D eigenvalue weighted by atomic mass is 10.2. The zero-order chi connectivity index (χ0) is 15.6. The minimum atomic E-state index is -0.125. The third-order valence-corrected chi connectivity index (χ3v) is 2.92. The van der Waals surface area contributed by atoms with Crippen LogP contribution < -0.4 is 0 Å². The van der Waals surface area contributed by atoms with E-state index in [1.807, 2.05) is 0 Å². The van der Waals surface area contributed by atoms with Crippen molar-refractivity contribution in [2.24, 2.45) is 0 Å². The fraction of sp³-hybridized carbons (Fsp3) is 0.526. The summed E-state index contributed by atoms with van der Waals surface area (Å²) < 4.78 is 4.58. The molecular formula is C19H30O2. The molecule has 0 fully saturated rings. The number of hydrogen-bond donors (Lipinski definition) is 0. The van der Waals surface area contributed by atoms with E-state index in [9.17, 15) is 4.79 Å². The SMILES string of the molecule is CCC/C=C\C/C=C\C/C=C\C/C=C\CCCC(=O)OC. The molecule has 0 aliphatic carbocycles. The van der Waals surface area contributed by atoms with Crippen molar-refractivity contribution in [2.75, 3.05) is 7.11 Å². The first-order valence-corrected chi connectivity index (χ1v) is 7.98. The predicted octanol–water partition coefficient (Wildman–Crippen LogP) is 5.52. The minimum Gasteiger partial charge on any atom is -0.469 e. The average molecular weight is 290 g/mol. The lowest BCUT2D eigenvalue weighted by Crippen LogP contribution is -1.98. The Morgan fingerprint density at radius 1 is 0.810 bits per heavy atom. The molecule has 0 atom stereocenters. The molecule has 0 N–H and O–H groups in total. The molecule has 0 rings (SSSR count). The van der Waals surface area contributed by atoms with Crippen molar-refractivity contribution in [2.45, 2.75) is 58.3 Å². The lowest BCUT2D eigenvalue weighted by molar-refractivity contribution is -0.140. The van der Waals surface area contributed by atoms with Crippen LogP contribution in [0, 0.1) is 0 Å². The standard InChI is InChI=1S/C19H30O2/c1-3-4-5-6-7-8-9-10-11-12-13-14-15-16-17-18-19(20)21-2/h5-6,8-9,11-12,14-15H,3-4,7,10,13,16-18H2,1-2H3/b6-5-,9-8-,12-11-,15-14-. The topological polar surface area (TPSA) is 26.3 Å². The number of hydrogen-bond acceptors (Lipinski definition) is 2. The molecule has 0 aliphatic rings. The van der Waals surface area contributed by atoms with E-state index >= 15 is 0 Å². The Morgan fingerprint density at radius 2 is 1.29 bits per heavy atom. The van der Waals surface area contributed by atoms with Crippen molar-refractivity contribution >= 4 is 5.97 Å². The smallest absolute Gasteiger partial charge is 0.305 e. The fourth-order valence-electron chi connectivity index (χ4n) is 1.68. The number of carbonyl (C=O) groups excluding carboxylic acids is 1. The van der Waals surface area contributed by atoms with Gasteiger partial charge in [-0.3, -0.25) is 4.79 Å². The number of unbranched alkanes of at least 4 members (excludes halogenated alkanes) is 2. The lowest BCUT2D eigenvalue weighted by Gasteiger charge is -1.95. The summed E-state index contributed by atoms with van der Waals surface area (Å²) in [6.07, 6.45) is 25.2. The van der Waals surface area contributed by atoms with Gasteiger partial charge in [-0.1, -0.05) is 62.0 Å². The molecule has 118 valence electrons. The molecule has 0 spiro atoms. The highest BCUT2D eigenvalue weighted by molar-refractivity contribution is 5.68. The van der Waals surface area contributed by atoms with E-state index in [0.29, 0.717) is 6.42 Å². The van der Waals surface area contributed by atoms with Crippen LogP contribution in [0.4, 0.5) is 0 Å². The number of ether oxygens (including phenoxy) is 1. The van der Waals surface area contributed by atoms with E-state index in [4.69, 9.17) is 0 Å². The molecule has 0 aromatic carbocycles. The molecule has 0 radical (unpaired) electrons. The van der Waals surface area contributed by atoms with E-state index in [0.717, 1.165) is 32.1 Å². The Hall–Kier alpha value is -1.57. The molecule has 0 aromatic rings. The molecule has 0 saturated heterocycles. The van der Waals surface area contributed by atoms with Crippen molar-refractivity contribution in [1.29, 1.82) is 0 Å². The third-order valence-electron chi connectivity index (χ3n) is 2.92. The Labute approximate surface area is 130 Å². The van der Waals surface area contributed by atoms with Gasteiger partial charge >= 0.3 is 5.97 Å². The van der Waals surface area contributed by atoms with Crippen LogP contribution in [0.3, 0.4) is 0 Å². The van der Waals surface area contributed by atoms with Crippen molar-refractivity contribution in [3.8, 4) is 0 Å². The molecule has 0 bridgehead atoms. The third kappa shape index (κ3) is 16.4. The predicted molar refractivity (Wildman–Crippen MR) is 91.2 cm³/mol. The van der Waals surface area contributed by atoms with Crippen molar-refractivity contribution in [3.05, 3.63) is 48.6 Å². The van der Waals surface area contributed by atoms with Crippen LogP contribution in [-0.2, 0) is 9.53 Å². The summed E-state index contributed by atoms with van der Waals surface area (Å²) in [6, 6.07) is 0. The summed E-state index contributed by atoms with van der Waals surface area (Å²) in [6.45, 7) is 2.19. The van der Waals surface area contributed by atoms with Gasteiger partial charge in [0.2, 0.25) is 0 Å². The normalized spacial score (nSPS) is 12.3. The van der Waals surface area contributed by atoms with E-state index < -0.39 is 0 Å². The van der Waals surface area contributed by atoms with E-state index in [-0.39, 0.29) is 5.97 Å². The van der Waals surface area contributed by atoms with Gasteiger partial charge in [-0.2, -0.15) is 0 Å². The van der Waals surface area contributed by atoms with Gasteiger partial charge in [-0.05, 0) is 38.5 Å². The zero-order valence-electron chi connectivity index (χ0n) is 13.6. The monoisotopic (exact) mass is 290 g/mol. The van der Waals surface area contributed by atoms with Crippen LogP contribution >= 0.6 is 0 Å². The molecule has 0 heterocycles. The summed E-state index contributed by atoms with van der Waals surface area (Å²) in [7, 11) is 1.43. The van der Waals surface area contributed by atoms with Gasteiger partial charge in [0.1, 0.15) is 0 Å². The van der Waals surface area contributed by atoms with Gasteiger partial charge in [0.05, 0.1) is 7.11 Å². The van der Waals surface area contributed by atoms with Gasteiger partial charge in [0, 0.05) is 6.42 Å². The quantitative estimate of drug-likeness (QED) is 0.268. The summed E-state index contributed by atoms with van der Waals surface area (Å²) >= 11 is 0. The van der Waals surface area contributed by atoms with E-state index in [2.05, 4.69) is 60.3 Å². The Bertz CT molecular complexity index is 349. The second kappa shape index (κ2) is 16.5. The summed E-state index contributed by atoms with van der Waals surface area (Å²) in [5.74, 6) is -0.125. The molecule has 0 aliphatic heterocycles. The molecule has 0 amide bonds. The summed E-state index contributed by atoms with van der Waals surface area (Å²) in [5, 5.41) is 0. The highest BCUT2D eigenvalue weighted by Gasteiger charge is 1.96. The Kier molecular flexibility index (Phi) is 15.3. The number of esters is 1. The van der Waals surface area contributed by atoms with Gasteiger partial charge in [0.15, 0.2) is 0 Å². The zero-order valence-corrected chi connectivity index (χ0v) is 13.6. The van der Waals surface area contributed by atoms with Crippen LogP contribution in [0.1, 0.15) is 58.3 Å². The maximum absolute atomic E-state index is 10.9. The summed E-state index contributed by atoms with van der Waals surface area (Å²) in [5.41, 5.74) is 0. The highest BCUT2D eigenvalue weighted by Crippen LogP contribution is 2.00. The first-order chi connectivity index (χ1) is 10.3. The van der Waals surface area contributed by atoms with Crippen molar-refractivity contribution in [1.82, 2.24) is 0 Å². The van der Waals surface area contributed by atoms with Crippen LogP contribution in [0.15, 0.2) is 48.6 Å². The maximum Gasteiger partial charge on any atom is 0.305 e. The van der Waals surface area contributed by atoms with E-state index in [1.54, 1.807) is 0 Å². The molecule has 0 unspecified atom stereocenters. The molecule has 21 heavy (non-hydrogen) atoms. The van der Waals surface area contributed by atoms with Crippen LogP contribution in [-0.4, -0.2) is 13.1 Å². The van der Waals surface area contributed by atoms with Crippen LogP contribution in [0.25, 0.3) is 0 Å². The Balaban J connectivity index is 3.43. The van der Waals surface area contributed by atoms with Crippen molar-refractivity contribution in [3.63, 3.8) is 0 Å². The minimum absolute atomic E-state index is 0.125. The van der Waals surface area contributed by atoms with Crippen LogP contribution in [0.5, 0.6) is 0 Å². The van der Waals surface area contributed by atoms with Gasteiger partial charge in [-0.25, -0.2) is 0 Å². The first-order valence-electron chi connectivity index (χ1n) is 7.98. The number of rotatable bonds is 12. The number of methoxy groups -OCH3 is 1. The van der Waals surface area contributed by atoms with Crippen LogP contribution in [0.2, 0.25) is 0 Å². The van der Waals surface area contributed by atoms with Gasteiger partial charge in [-0.15, -0.1) is 0 Å². The van der Waals surface area contributed by atoms with E-state index in [1.165, 1.54) is 20.0 Å². The second-order valence-corrected chi connectivity index (χ2v) is 4.85. The van der Waals surface area contributed by atoms with Gasteiger partial charge in [0.25, 0.3) is 0 Å². The largest absolute Gasteiger partial charge is 0.469 e. The molecule has 0 saturated carbocycles.